The summed E-state index contributed by atoms with van der Waals surface area (Å²) in [5, 5.41) is 6.04. The molecule has 1 saturated carbocycles. The number of nitrogens with one attached hydrogen (secondary N) is 2. The summed E-state index contributed by atoms with van der Waals surface area (Å²) >= 11 is 3.52. The zero-order valence-electron chi connectivity index (χ0n) is 11.8. The van der Waals surface area contributed by atoms with E-state index in [0.717, 1.165) is 17.3 Å². The van der Waals surface area contributed by atoms with Crippen LogP contribution in [0.4, 0.5) is 11.6 Å². The molecule has 7 nitrogen and oxygen atoms in total. The molecule has 1 unspecified atom stereocenters. The van der Waals surface area contributed by atoms with Gasteiger partial charge in [0, 0.05) is 19.6 Å². The summed E-state index contributed by atoms with van der Waals surface area (Å²) in [5.74, 6) is 1.43. The van der Waals surface area contributed by atoms with Crippen molar-refractivity contribution >= 4 is 33.5 Å². The Hall–Kier alpha value is -1.41. The molecule has 1 atom stereocenters. The Morgan fingerprint density at radius 3 is 3.00 bits per heavy atom. The third-order valence-electron chi connectivity index (χ3n) is 3.63. The first-order valence-electron chi connectivity index (χ1n) is 7.03. The van der Waals surface area contributed by atoms with E-state index in [1.54, 1.807) is 7.05 Å². The number of carbonyl (C=O) groups excluding carboxylic acids is 1. The fourth-order valence-electron chi connectivity index (χ4n) is 2.33. The number of carbonyl (C=O) groups is 1. The van der Waals surface area contributed by atoms with Gasteiger partial charge in [0.05, 0.1) is 13.2 Å². The number of halogens is 1. The van der Waals surface area contributed by atoms with E-state index in [-0.39, 0.29) is 11.9 Å². The molecular weight excluding hydrogens is 338 g/mol. The smallest absolute Gasteiger partial charge is 0.245 e. The van der Waals surface area contributed by atoms with Crippen LogP contribution in [0.1, 0.15) is 12.8 Å². The number of morpholine rings is 1. The van der Waals surface area contributed by atoms with Crippen LogP contribution >= 0.6 is 15.9 Å². The van der Waals surface area contributed by atoms with Crippen molar-refractivity contribution in [1.82, 2.24) is 15.3 Å². The topological polar surface area (TPSA) is 79.4 Å². The molecule has 2 aliphatic rings. The molecule has 2 N–H and O–H groups in total. The van der Waals surface area contributed by atoms with Crippen LogP contribution in [0.5, 0.6) is 0 Å². The van der Waals surface area contributed by atoms with Crippen molar-refractivity contribution in [3.05, 3.63) is 10.8 Å². The fraction of sp³-hybridized carbons (Fsp3) is 0.615. The Bertz CT molecular complexity index is 537. The zero-order valence-corrected chi connectivity index (χ0v) is 13.4. The molecular formula is C13H18BrN5O2. The Balaban J connectivity index is 1.84. The van der Waals surface area contributed by atoms with Crippen LogP contribution < -0.4 is 15.5 Å². The summed E-state index contributed by atoms with van der Waals surface area (Å²) in [4.78, 5) is 22.9. The molecule has 1 aromatic heterocycles. The molecule has 0 bridgehead atoms. The average Bonchev–Trinajstić information content (AvgIpc) is 3.31. The summed E-state index contributed by atoms with van der Waals surface area (Å²) < 4.78 is 6.24. The predicted molar refractivity (Wildman–Crippen MR) is 82.4 cm³/mol. The van der Waals surface area contributed by atoms with Crippen LogP contribution in [-0.2, 0) is 9.53 Å². The largest absolute Gasteiger partial charge is 0.377 e. The van der Waals surface area contributed by atoms with Crippen LogP contribution in [0.15, 0.2) is 10.8 Å². The second-order valence-corrected chi connectivity index (χ2v) is 5.97. The molecule has 0 aromatic carbocycles. The highest BCUT2D eigenvalue weighted by atomic mass is 79.9. The Morgan fingerprint density at radius 2 is 2.29 bits per heavy atom. The van der Waals surface area contributed by atoms with Gasteiger partial charge in [0.1, 0.15) is 28.5 Å². The van der Waals surface area contributed by atoms with Crippen molar-refractivity contribution in [3.63, 3.8) is 0 Å². The lowest BCUT2D eigenvalue weighted by molar-refractivity contribution is -0.124. The summed E-state index contributed by atoms with van der Waals surface area (Å²) in [6.45, 7) is 1.59. The number of hydrogen-bond donors (Lipinski definition) is 2. The highest BCUT2D eigenvalue weighted by Gasteiger charge is 2.34. The maximum absolute atomic E-state index is 12.4. The second-order valence-electron chi connectivity index (χ2n) is 5.18. The third-order valence-corrected chi connectivity index (χ3v) is 4.36. The summed E-state index contributed by atoms with van der Waals surface area (Å²) in [7, 11) is 1.80. The van der Waals surface area contributed by atoms with E-state index in [1.165, 1.54) is 6.33 Å². The van der Waals surface area contributed by atoms with Gasteiger partial charge in [-0.15, -0.1) is 0 Å². The molecule has 114 valence electrons. The first-order chi connectivity index (χ1) is 10.2. The summed E-state index contributed by atoms with van der Waals surface area (Å²) in [5.41, 5.74) is 0. The van der Waals surface area contributed by atoms with Gasteiger partial charge in [0.25, 0.3) is 0 Å². The number of aromatic nitrogens is 2. The standard InChI is InChI=1S/C13H18BrN5O2/c1-15-11-10(14)12(17-7-16-11)19-4-5-21-6-9(19)13(20)18-8-2-3-8/h7-9H,2-6H2,1H3,(H,18,20)(H,15,16,17). The van der Waals surface area contributed by atoms with Crippen LogP contribution in [0.25, 0.3) is 0 Å². The minimum absolute atomic E-state index is 0.00807. The number of rotatable bonds is 4. The van der Waals surface area contributed by atoms with E-state index < -0.39 is 0 Å². The first-order valence-corrected chi connectivity index (χ1v) is 7.83. The minimum Gasteiger partial charge on any atom is -0.377 e. The average molecular weight is 356 g/mol. The van der Waals surface area contributed by atoms with Gasteiger partial charge in [0.2, 0.25) is 5.91 Å². The highest BCUT2D eigenvalue weighted by Crippen LogP contribution is 2.31. The van der Waals surface area contributed by atoms with Gasteiger partial charge in [-0.05, 0) is 28.8 Å². The molecule has 1 aliphatic carbocycles. The monoisotopic (exact) mass is 355 g/mol. The molecule has 2 heterocycles. The number of ether oxygens (including phenoxy) is 1. The molecule has 8 heteroatoms. The summed E-state index contributed by atoms with van der Waals surface area (Å²) in [6, 6.07) is -0.0155. The van der Waals surface area contributed by atoms with Crippen molar-refractivity contribution in [2.75, 3.05) is 37.0 Å². The quantitative estimate of drug-likeness (QED) is 0.830. The third kappa shape index (κ3) is 3.11. The molecule has 21 heavy (non-hydrogen) atoms. The van der Waals surface area contributed by atoms with E-state index in [2.05, 4.69) is 36.5 Å². The van der Waals surface area contributed by atoms with E-state index in [1.807, 2.05) is 4.90 Å². The Morgan fingerprint density at radius 1 is 1.48 bits per heavy atom. The lowest BCUT2D eigenvalue weighted by Crippen LogP contribution is -2.54. The first kappa shape index (κ1) is 14.5. The number of anilines is 2. The minimum atomic E-state index is -0.352. The SMILES string of the molecule is CNc1ncnc(N2CCOCC2C(=O)NC2CC2)c1Br. The van der Waals surface area contributed by atoms with Crippen molar-refractivity contribution in [1.29, 1.82) is 0 Å². The molecule has 3 rings (SSSR count). The molecule has 1 amide bonds. The molecule has 0 spiro atoms. The molecule has 1 saturated heterocycles. The van der Waals surface area contributed by atoms with Crippen molar-refractivity contribution in [2.24, 2.45) is 0 Å². The van der Waals surface area contributed by atoms with Gasteiger partial charge in [-0.3, -0.25) is 4.79 Å². The van der Waals surface area contributed by atoms with Crippen molar-refractivity contribution in [3.8, 4) is 0 Å². The van der Waals surface area contributed by atoms with E-state index in [4.69, 9.17) is 4.74 Å². The maximum Gasteiger partial charge on any atom is 0.245 e. The van der Waals surface area contributed by atoms with E-state index >= 15 is 0 Å². The fourth-order valence-corrected chi connectivity index (χ4v) is 2.97. The van der Waals surface area contributed by atoms with Crippen LogP contribution in [0, 0.1) is 0 Å². The lowest BCUT2D eigenvalue weighted by Gasteiger charge is -2.36. The number of amides is 1. The van der Waals surface area contributed by atoms with Gasteiger partial charge >= 0.3 is 0 Å². The number of hydrogen-bond acceptors (Lipinski definition) is 6. The maximum atomic E-state index is 12.4. The number of nitrogens with zero attached hydrogens (tertiary/aromatic N) is 3. The van der Waals surface area contributed by atoms with Gasteiger partial charge in [-0.25, -0.2) is 9.97 Å². The van der Waals surface area contributed by atoms with Gasteiger partial charge in [-0.1, -0.05) is 0 Å². The van der Waals surface area contributed by atoms with E-state index in [9.17, 15) is 4.79 Å². The molecule has 2 fully saturated rings. The Kier molecular flexibility index (Phi) is 4.25. The molecule has 1 aliphatic heterocycles. The zero-order chi connectivity index (χ0) is 14.8. The second kappa shape index (κ2) is 6.15. The molecule has 1 aromatic rings. The van der Waals surface area contributed by atoms with Crippen molar-refractivity contribution < 1.29 is 9.53 Å². The van der Waals surface area contributed by atoms with Crippen LogP contribution in [-0.4, -0.2) is 54.8 Å². The normalized spacial score (nSPS) is 22.0. The highest BCUT2D eigenvalue weighted by molar-refractivity contribution is 9.10. The van der Waals surface area contributed by atoms with E-state index in [0.29, 0.717) is 37.4 Å². The molecule has 0 radical (unpaired) electrons. The van der Waals surface area contributed by atoms with Crippen molar-refractivity contribution in [2.45, 2.75) is 24.9 Å². The van der Waals surface area contributed by atoms with Gasteiger partial charge in [-0.2, -0.15) is 0 Å². The summed E-state index contributed by atoms with van der Waals surface area (Å²) in [6.07, 6.45) is 3.64. The lowest BCUT2D eigenvalue weighted by atomic mass is 10.2. The van der Waals surface area contributed by atoms with Gasteiger partial charge < -0.3 is 20.3 Å². The van der Waals surface area contributed by atoms with Gasteiger partial charge in [0.15, 0.2) is 0 Å². The predicted octanol–water partition coefficient (Wildman–Crippen LogP) is 0.765. The Labute approximate surface area is 131 Å². The van der Waals surface area contributed by atoms with Crippen LogP contribution in [0.3, 0.4) is 0 Å². The van der Waals surface area contributed by atoms with Crippen LogP contribution in [0.2, 0.25) is 0 Å².